The van der Waals surface area contributed by atoms with Gasteiger partial charge in [-0.25, -0.2) is 4.79 Å². The summed E-state index contributed by atoms with van der Waals surface area (Å²) in [7, 11) is 0. The van der Waals surface area contributed by atoms with Crippen molar-refractivity contribution in [3.63, 3.8) is 0 Å². The van der Waals surface area contributed by atoms with E-state index in [1.807, 2.05) is 32.9 Å². The maximum Gasteiger partial charge on any atom is 0.337 e. The molecule has 2 aromatic carbocycles. The average Bonchev–Trinajstić information content (AvgIpc) is 3.85. The van der Waals surface area contributed by atoms with Crippen molar-refractivity contribution in [3.8, 4) is 0 Å². The standard InChI is InChI=1S/C20H20O3.C19H18O4/c1-11-12(2)20(23-13(11)3)22-10-18-16-8-14-6-4-5-7-15(14)17(16)9-19(18)21;1-10-11(2)19(23-18(10)21)22-9-16-14-7-12-5-3-4-6-13(12)15(14)8-17(16)20/h4-7,10,16-17,20H,3,8-9H2,1-2H3;3-6,9,14-15,19H,7-8H2,1-2H3/b18-10+;16-9+/t16-,17+,20-;14-,15+,19+/m00/s1. The predicted molar refractivity (Wildman–Crippen MR) is 171 cm³/mol. The van der Waals surface area contributed by atoms with E-state index < -0.39 is 12.6 Å². The first kappa shape index (κ1) is 30.0. The van der Waals surface area contributed by atoms with E-state index in [1.54, 1.807) is 13.2 Å². The molecular weight excluding hydrogens is 580 g/mol. The molecule has 0 N–H and O–H groups in total. The van der Waals surface area contributed by atoms with Crippen molar-refractivity contribution in [2.45, 2.75) is 77.8 Å². The molecule has 7 nitrogen and oxygen atoms in total. The van der Waals surface area contributed by atoms with Crippen molar-refractivity contribution in [1.29, 1.82) is 0 Å². The third kappa shape index (κ3) is 5.02. The van der Waals surface area contributed by atoms with Gasteiger partial charge in [-0.1, -0.05) is 55.1 Å². The Morgan fingerprint density at radius 2 is 1.09 bits per heavy atom. The summed E-state index contributed by atoms with van der Waals surface area (Å²) < 4.78 is 22.2. The maximum atomic E-state index is 12.4. The molecule has 0 radical (unpaired) electrons. The maximum absolute atomic E-state index is 12.4. The largest absolute Gasteiger partial charge is 0.458 e. The summed E-state index contributed by atoms with van der Waals surface area (Å²) in [6.07, 6.45) is 4.93. The van der Waals surface area contributed by atoms with E-state index in [1.165, 1.54) is 28.5 Å². The Morgan fingerprint density at radius 3 is 1.52 bits per heavy atom. The highest BCUT2D eigenvalue weighted by Crippen LogP contribution is 2.50. The lowest BCUT2D eigenvalue weighted by Crippen LogP contribution is -2.14. The number of carbonyl (C=O) groups is 3. The SMILES string of the molecule is C=C1O[C@H](O/C=C2/C(=O)C[C@@H]3c4ccccc4C[C@H]23)C(C)=C1C.CC1=C(C)[C@H](O/C=C2/C(=O)C[C@@H]3c4ccccc4C[C@H]23)OC1=O. The minimum absolute atomic E-state index is 0.136. The van der Waals surface area contributed by atoms with Crippen molar-refractivity contribution in [2.24, 2.45) is 11.8 Å². The Balaban J connectivity index is 0.000000147. The highest BCUT2D eigenvalue weighted by atomic mass is 16.7. The number of hydrogen-bond donors (Lipinski definition) is 0. The number of ether oxygens (including phenoxy) is 4. The summed E-state index contributed by atoms with van der Waals surface area (Å²) in [5.74, 6) is 1.63. The molecule has 46 heavy (non-hydrogen) atoms. The van der Waals surface area contributed by atoms with Gasteiger partial charge in [-0.2, -0.15) is 0 Å². The lowest BCUT2D eigenvalue weighted by molar-refractivity contribution is -0.153. The number of Topliss-reactive ketones (excluding diaryl/α,β-unsaturated/α-hetero) is 2. The molecule has 0 unspecified atom stereocenters. The molecule has 7 heteroatoms. The number of fused-ring (bicyclic) bond motifs is 6. The lowest BCUT2D eigenvalue weighted by Gasteiger charge is -2.14. The molecule has 6 atom stereocenters. The molecule has 0 bridgehead atoms. The van der Waals surface area contributed by atoms with Gasteiger partial charge in [0.1, 0.15) is 5.76 Å². The fourth-order valence-electron chi connectivity index (χ4n) is 7.71. The average molecular weight is 619 g/mol. The number of ketones is 2. The fourth-order valence-corrected chi connectivity index (χ4v) is 7.71. The number of cyclic esters (lactones) is 1. The van der Waals surface area contributed by atoms with Gasteiger partial charge in [0.2, 0.25) is 0 Å². The zero-order chi connectivity index (χ0) is 32.3. The van der Waals surface area contributed by atoms with Crippen LogP contribution in [0, 0.1) is 11.8 Å². The van der Waals surface area contributed by atoms with E-state index in [0.717, 1.165) is 40.7 Å². The highest BCUT2D eigenvalue weighted by molar-refractivity contribution is 6.00. The van der Waals surface area contributed by atoms with E-state index in [2.05, 4.69) is 43.0 Å². The van der Waals surface area contributed by atoms with Gasteiger partial charge in [0.25, 0.3) is 12.6 Å². The smallest absolute Gasteiger partial charge is 0.337 e. The molecule has 2 aromatic rings. The summed E-state index contributed by atoms with van der Waals surface area (Å²) >= 11 is 0. The molecule has 2 saturated carbocycles. The number of rotatable bonds is 4. The molecular formula is C39H38O7. The monoisotopic (exact) mass is 618 g/mol. The van der Waals surface area contributed by atoms with Crippen LogP contribution in [0.5, 0.6) is 0 Å². The first-order chi connectivity index (χ1) is 22.1. The number of esters is 1. The Labute approximate surface area is 269 Å². The topological polar surface area (TPSA) is 88.1 Å². The van der Waals surface area contributed by atoms with Crippen molar-refractivity contribution in [3.05, 3.63) is 129 Å². The molecule has 4 aliphatic carbocycles. The zero-order valence-corrected chi connectivity index (χ0v) is 26.6. The second-order valence-corrected chi connectivity index (χ2v) is 13.1. The second kappa shape index (κ2) is 11.6. The lowest BCUT2D eigenvalue weighted by atomic mass is 9.95. The molecule has 6 aliphatic rings. The van der Waals surface area contributed by atoms with Crippen molar-refractivity contribution in [1.82, 2.24) is 0 Å². The minimum Gasteiger partial charge on any atom is -0.458 e. The van der Waals surface area contributed by atoms with Crippen molar-refractivity contribution in [2.75, 3.05) is 0 Å². The number of benzene rings is 2. The van der Waals surface area contributed by atoms with Gasteiger partial charge in [-0.05, 0) is 80.2 Å². The molecule has 2 heterocycles. The van der Waals surface area contributed by atoms with Crippen LogP contribution in [-0.4, -0.2) is 30.1 Å². The molecule has 8 rings (SSSR count). The molecule has 236 valence electrons. The third-order valence-corrected chi connectivity index (χ3v) is 10.7. The first-order valence-electron chi connectivity index (χ1n) is 16.0. The van der Waals surface area contributed by atoms with Crippen LogP contribution < -0.4 is 0 Å². The van der Waals surface area contributed by atoms with Crippen LogP contribution >= 0.6 is 0 Å². The molecule has 0 saturated heterocycles. The van der Waals surface area contributed by atoms with Gasteiger partial charge >= 0.3 is 5.97 Å². The van der Waals surface area contributed by atoms with E-state index in [4.69, 9.17) is 18.9 Å². The minimum atomic E-state index is -0.703. The quantitative estimate of drug-likeness (QED) is 0.206. The summed E-state index contributed by atoms with van der Waals surface area (Å²) in [5, 5.41) is 0. The fraction of sp³-hybridized carbons (Fsp3) is 0.359. The van der Waals surface area contributed by atoms with Gasteiger partial charge in [0.15, 0.2) is 11.6 Å². The van der Waals surface area contributed by atoms with Gasteiger partial charge in [-0.3, -0.25) is 9.59 Å². The number of carbonyl (C=O) groups excluding carboxylic acids is 3. The van der Waals surface area contributed by atoms with Gasteiger partial charge in [-0.15, -0.1) is 0 Å². The van der Waals surface area contributed by atoms with Crippen LogP contribution in [0.3, 0.4) is 0 Å². The van der Waals surface area contributed by atoms with E-state index in [9.17, 15) is 14.4 Å². The normalized spacial score (nSPS) is 30.7. The number of hydrogen-bond acceptors (Lipinski definition) is 7. The third-order valence-electron chi connectivity index (χ3n) is 10.7. The summed E-state index contributed by atoms with van der Waals surface area (Å²) in [6, 6.07) is 16.7. The van der Waals surface area contributed by atoms with Gasteiger partial charge < -0.3 is 18.9 Å². The number of allylic oxidation sites excluding steroid dienone is 3. The molecule has 2 fully saturated rings. The Hall–Kier alpha value is -4.65. The summed E-state index contributed by atoms with van der Waals surface area (Å²) in [6.45, 7) is 11.3. The van der Waals surface area contributed by atoms with Crippen molar-refractivity contribution < 1.29 is 33.3 Å². The predicted octanol–water partition coefficient (Wildman–Crippen LogP) is 7.06. The zero-order valence-electron chi connectivity index (χ0n) is 26.6. The Bertz CT molecular complexity index is 1670. The van der Waals surface area contributed by atoms with Crippen molar-refractivity contribution >= 4 is 17.5 Å². The van der Waals surface area contributed by atoms with E-state index in [0.29, 0.717) is 30.1 Å². The first-order valence-corrected chi connectivity index (χ1v) is 16.0. The van der Waals surface area contributed by atoms with E-state index in [-0.39, 0.29) is 35.3 Å². The second-order valence-electron chi connectivity index (χ2n) is 13.1. The Morgan fingerprint density at radius 1 is 0.630 bits per heavy atom. The molecule has 0 amide bonds. The summed E-state index contributed by atoms with van der Waals surface area (Å²) in [4.78, 5) is 36.3. The van der Waals surface area contributed by atoms with Crippen LogP contribution in [0.25, 0.3) is 0 Å². The van der Waals surface area contributed by atoms with Crippen LogP contribution in [0.1, 0.15) is 74.6 Å². The van der Waals surface area contributed by atoms with E-state index >= 15 is 0 Å². The van der Waals surface area contributed by atoms with Gasteiger partial charge in [0.05, 0.1) is 12.5 Å². The van der Waals surface area contributed by atoms with Gasteiger partial charge in [0, 0.05) is 52.5 Å². The highest BCUT2D eigenvalue weighted by Gasteiger charge is 2.45. The van der Waals surface area contributed by atoms with Crippen LogP contribution in [-0.2, 0) is 46.2 Å². The Kier molecular flexibility index (Phi) is 7.58. The molecule has 0 spiro atoms. The molecule has 2 aliphatic heterocycles. The molecule has 0 aromatic heterocycles. The van der Waals surface area contributed by atoms with Crippen LogP contribution in [0.4, 0.5) is 0 Å². The van der Waals surface area contributed by atoms with Crippen LogP contribution in [0.15, 0.2) is 107 Å². The summed E-state index contributed by atoms with van der Waals surface area (Å²) in [5.41, 5.74) is 10.2. The van der Waals surface area contributed by atoms with Crippen LogP contribution in [0.2, 0.25) is 0 Å².